The van der Waals surface area contributed by atoms with Crippen molar-refractivity contribution in [2.45, 2.75) is 20.0 Å². The largest absolute Gasteiger partial charge is 0.328 e. The zero-order valence-electron chi connectivity index (χ0n) is 9.43. The zero-order valence-corrected chi connectivity index (χ0v) is 9.43. The Morgan fingerprint density at radius 3 is 2.83 bits per heavy atom. The number of alkyl halides is 2. The summed E-state index contributed by atoms with van der Waals surface area (Å²) in [7, 11) is 0. The summed E-state index contributed by atoms with van der Waals surface area (Å²) in [6.45, 7) is -1.33. The molecule has 8 heteroatoms. The molecular formula is C10H10F2N4O2. The molecule has 6 nitrogen and oxygen atoms in total. The third-order valence-electron chi connectivity index (χ3n) is 2.46. The summed E-state index contributed by atoms with van der Waals surface area (Å²) in [5.74, 6) is 0.0403. The van der Waals surface area contributed by atoms with Crippen molar-refractivity contribution in [1.29, 1.82) is 0 Å². The van der Waals surface area contributed by atoms with Crippen molar-refractivity contribution >= 4 is 0 Å². The smallest absolute Gasteiger partial charge is 0.293 e. The van der Waals surface area contributed by atoms with Gasteiger partial charge in [0, 0.05) is 24.2 Å². The molecule has 0 aliphatic carbocycles. The molecule has 2 heterocycles. The van der Waals surface area contributed by atoms with Gasteiger partial charge in [0.1, 0.15) is 5.82 Å². The number of halogens is 2. The van der Waals surface area contributed by atoms with Crippen LogP contribution in [0, 0.1) is 6.92 Å². The minimum absolute atomic E-state index is 0.0403. The highest BCUT2D eigenvalue weighted by Crippen LogP contribution is 2.12. The van der Waals surface area contributed by atoms with Crippen LogP contribution in [0.3, 0.4) is 0 Å². The summed E-state index contributed by atoms with van der Waals surface area (Å²) >= 11 is 0. The van der Waals surface area contributed by atoms with Gasteiger partial charge in [-0.3, -0.25) is 18.9 Å². The highest BCUT2D eigenvalue weighted by atomic mass is 19.3. The molecule has 2 aromatic heterocycles. The minimum Gasteiger partial charge on any atom is -0.293 e. The van der Waals surface area contributed by atoms with Gasteiger partial charge in [0.05, 0.1) is 6.54 Å². The Kier molecular flexibility index (Phi) is 3.09. The number of rotatable bonds is 3. The first-order valence-electron chi connectivity index (χ1n) is 5.09. The summed E-state index contributed by atoms with van der Waals surface area (Å²) in [5, 5.41) is 0. The molecule has 0 spiro atoms. The lowest BCUT2D eigenvalue weighted by Crippen LogP contribution is -2.31. The van der Waals surface area contributed by atoms with E-state index < -0.39 is 17.8 Å². The van der Waals surface area contributed by atoms with Crippen LogP contribution in [0.4, 0.5) is 8.78 Å². The Morgan fingerprint density at radius 2 is 2.17 bits per heavy atom. The first-order chi connectivity index (χ1) is 8.49. The van der Waals surface area contributed by atoms with Gasteiger partial charge in [0.15, 0.2) is 0 Å². The zero-order chi connectivity index (χ0) is 13.3. The molecule has 0 aliphatic heterocycles. The van der Waals surface area contributed by atoms with E-state index in [0.29, 0.717) is 10.1 Å². The fourth-order valence-corrected chi connectivity index (χ4v) is 1.53. The molecule has 0 bridgehead atoms. The molecule has 0 amide bonds. The number of aromatic nitrogens is 4. The molecule has 0 aliphatic rings. The van der Waals surface area contributed by atoms with Crippen LogP contribution in [0.1, 0.15) is 17.9 Å². The summed E-state index contributed by atoms with van der Waals surface area (Å²) in [4.78, 5) is 28.5. The van der Waals surface area contributed by atoms with Crippen LogP contribution in [-0.4, -0.2) is 19.1 Å². The molecule has 0 unspecified atom stereocenters. The summed E-state index contributed by atoms with van der Waals surface area (Å²) in [6.07, 6.45) is 3.67. The highest BCUT2D eigenvalue weighted by Gasteiger charge is 2.12. The first kappa shape index (κ1) is 12.2. The molecule has 18 heavy (non-hydrogen) atoms. The molecule has 2 aromatic rings. The van der Waals surface area contributed by atoms with Crippen molar-refractivity contribution in [2.75, 3.05) is 0 Å². The average molecular weight is 256 g/mol. The van der Waals surface area contributed by atoms with Gasteiger partial charge in [0.2, 0.25) is 0 Å². The third-order valence-corrected chi connectivity index (χ3v) is 2.46. The molecule has 2 rings (SSSR count). The Bertz CT molecular complexity index is 671. The van der Waals surface area contributed by atoms with Crippen LogP contribution in [-0.2, 0) is 6.54 Å². The SMILES string of the molecule is Cc1cn(Cc2nccn2C(F)F)c(=O)[nH]c1=O. The van der Waals surface area contributed by atoms with Gasteiger partial charge in [-0.1, -0.05) is 0 Å². The van der Waals surface area contributed by atoms with Gasteiger partial charge in [-0.25, -0.2) is 9.78 Å². The lowest BCUT2D eigenvalue weighted by atomic mass is 10.4. The van der Waals surface area contributed by atoms with Crippen LogP contribution in [0.15, 0.2) is 28.2 Å². The van der Waals surface area contributed by atoms with Crippen molar-refractivity contribution in [3.8, 4) is 0 Å². The van der Waals surface area contributed by atoms with E-state index in [1.165, 1.54) is 19.3 Å². The normalized spacial score (nSPS) is 11.1. The number of aryl methyl sites for hydroxylation is 1. The van der Waals surface area contributed by atoms with E-state index in [4.69, 9.17) is 0 Å². The van der Waals surface area contributed by atoms with E-state index >= 15 is 0 Å². The second kappa shape index (κ2) is 4.55. The number of imidazole rings is 1. The third kappa shape index (κ3) is 2.22. The van der Waals surface area contributed by atoms with Gasteiger partial charge >= 0.3 is 12.2 Å². The van der Waals surface area contributed by atoms with Gasteiger partial charge in [0.25, 0.3) is 5.56 Å². The lowest BCUT2D eigenvalue weighted by Gasteiger charge is -2.08. The molecule has 0 atom stereocenters. The van der Waals surface area contributed by atoms with E-state index in [-0.39, 0.29) is 12.4 Å². The van der Waals surface area contributed by atoms with Crippen molar-refractivity contribution < 1.29 is 8.78 Å². The number of H-pyrrole nitrogens is 1. The summed E-state index contributed by atoms with van der Waals surface area (Å²) < 4.78 is 27.0. The first-order valence-corrected chi connectivity index (χ1v) is 5.09. The second-order valence-corrected chi connectivity index (χ2v) is 3.73. The molecule has 0 radical (unpaired) electrons. The molecule has 1 N–H and O–H groups in total. The highest BCUT2D eigenvalue weighted by molar-refractivity contribution is 5.03. The fourth-order valence-electron chi connectivity index (χ4n) is 1.53. The second-order valence-electron chi connectivity index (χ2n) is 3.73. The monoisotopic (exact) mass is 256 g/mol. The Balaban J connectivity index is 2.40. The standard InChI is InChI=1S/C10H10F2N4O2/c1-6-4-15(10(18)14-8(6)17)5-7-13-2-3-16(7)9(11)12/h2-4,9H,5H2,1H3,(H,14,17,18). The van der Waals surface area contributed by atoms with Gasteiger partial charge in [-0.15, -0.1) is 0 Å². The summed E-state index contributed by atoms with van der Waals surface area (Å²) in [5.41, 5.74) is -0.826. The van der Waals surface area contributed by atoms with E-state index in [9.17, 15) is 18.4 Å². The maximum Gasteiger partial charge on any atom is 0.328 e. The number of aromatic amines is 1. The van der Waals surface area contributed by atoms with E-state index in [1.54, 1.807) is 0 Å². The van der Waals surface area contributed by atoms with E-state index in [2.05, 4.69) is 9.97 Å². The molecule has 0 saturated carbocycles. The quantitative estimate of drug-likeness (QED) is 0.868. The van der Waals surface area contributed by atoms with Crippen LogP contribution in [0.2, 0.25) is 0 Å². The van der Waals surface area contributed by atoms with Crippen LogP contribution >= 0.6 is 0 Å². The topological polar surface area (TPSA) is 72.7 Å². The minimum atomic E-state index is -2.72. The molecule has 0 fully saturated rings. The predicted molar refractivity (Wildman–Crippen MR) is 58.6 cm³/mol. The number of nitrogens with one attached hydrogen (secondary N) is 1. The maximum absolute atomic E-state index is 12.6. The van der Waals surface area contributed by atoms with Crippen molar-refractivity contribution in [3.05, 3.63) is 50.8 Å². The van der Waals surface area contributed by atoms with Crippen LogP contribution < -0.4 is 11.2 Å². The van der Waals surface area contributed by atoms with Gasteiger partial charge in [-0.2, -0.15) is 8.78 Å². The number of hydrogen-bond donors (Lipinski definition) is 1. The molecular weight excluding hydrogens is 246 g/mol. The lowest BCUT2D eigenvalue weighted by molar-refractivity contribution is 0.0666. The number of nitrogens with zero attached hydrogens (tertiary/aromatic N) is 3. The van der Waals surface area contributed by atoms with E-state index in [0.717, 1.165) is 10.8 Å². The molecule has 0 saturated heterocycles. The van der Waals surface area contributed by atoms with Crippen LogP contribution in [0.25, 0.3) is 0 Å². The Hall–Kier alpha value is -2.25. The Labute approximate surface area is 99.5 Å². The van der Waals surface area contributed by atoms with Gasteiger partial charge < -0.3 is 0 Å². The van der Waals surface area contributed by atoms with Gasteiger partial charge in [-0.05, 0) is 6.92 Å². The molecule has 0 aromatic carbocycles. The van der Waals surface area contributed by atoms with Crippen molar-refractivity contribution in [1.82, 2.24) is 19.1 Å². The fraction of sp³-hybridized carbons (Fsp3) is 0.300. The van der Waals surface area contributed by atoms with Crippen LogP contribution in [0.5, 0.6) is 0 Å². The number of hydrogen-bond acceptors (Lipinski definition) is 3. The average Bonchev–Trinajstić information content (AvgIpc) is 2.74. The van der Waals surface area contributed by atoms with E-state index in [1.807, 2.05) is 0 Å². The Morgan fingerprint density at radius 1 is 1.44 bits per heavy atom. The summed E-state index contributed by atoms with van der Waals surface area (Å²) in [6, 6.07) is 0. The van der Waals surface area contributed by atoms with Crippen molar-refractivity contribution in [2.24, 2.45) is 0 Å². The maximum atomic E-state index is 12.6. The molecule has 96 valence electrons. The predicted octanol–water partition coefficient (Wildman–Crippen LogP) is 0.485. The van der Waals surface area contributed by atoms with Crippen molar-refractivity contribution in [3.63, 3.8) is 0 Å².